The summed E-state index contributed by atoms with van der Waals surface area (Å²) >= 11 is 11.9. The number of benzene rings is 2. The van der Waals surface area contributed by atoms with Gasteiger partial charge >= 0.3 is 22.3 Å². The van der Waals surface area contributed by atoms with Gasteiger partial charge in [-0.1, -0.05) is 54.8 Å². The normalized spacial score (nSPS) is 15.7. The standard InChI is InChI=1S/C23H15Cl2F7N4O4S/c1-39-21(37)23(5-6-23)17-16(9-33)35-36(19-13(24)7-12(8-14(19)25)41(28,29,30,31)32)20(17)34-22(38)40-10-11-3-2-4-15(26)18(11)27/h2-4,7-8H,5-6,10H2,1H3,(H,34,38). The van der Waals surface area contributed by atoms with Gasteiger partial charge in [-0.15, -0.1) is 0 Å². The Hall–Kier alpha value is -3.68. The minimum atomic E-state index is -10.2. The number of anilines is 1. The fourth-order valence-corrected chi connectivity index (χ4v) is 5.46. The van der Waals surface area contributed by atoms with Crippen molar-refractivity contribution in [1.29, 1.82) is 5.26 Å². The molecule has 0 atom stereocenters. The molecule has 0 bridgehead atoms. The summed E-state index contributed by atoms with van der Waals surface area (Å²) in [6.45, 7) is -0.799. The molecule has 0 radical (unpaired) electrons. The summed E-state index contributed by atoms with van der Waals surface area (Å²) in [5.74, 6) is -3.94. The van der Waals surface area contributed by atoms with Crippen LogP contribution in [0.5, 0.6) is 0 Å². The minimum Gasteiger partial charge on any atom is -0.468 e. The number of hydrogen-bond acceptors (Lipinski definition) is 6. The number of amides is 1. The number of aromatic nitrogens is 2. The Morgan fingerprint density at radius 2 is 1.76 bits per heavy atom. The highest BCUT2D eigenvalue weighted by Gasteiger charge is 2.66. The third-order valence-electron chi connectivity index (χ3n) is 6.05. The molecule has 1 aliphatic rings. The Kier molecular flexibility index (Phi) is 6.96. The predicted molar refractivity (Wildman–Crippen MR) is 133 cm³/mol. The van der Waals surface area contributed by atoms with E-state index in [1.54, 1.807) is 6.07 Å². The van der Waals surface area contributed by atoms with Crippen molar-refractivity contribution in [3.05, 3.63) is 68.8 Å². The van der Waals surface area contributed by atoms with E-state index in [1.807, 2.05) is 0 Å². The fourth-order valence-electron chi connectivity index (χ4n) is 4.01. The number of nitrogens with one attached hydrogen (secondary N) is 1. The first-order valence-corrected chi connectivity index (χ1v) is 13.8. The van der Waals surface area contributed by atoms with Gasteiger partial charge in [-0.25, -0.2) is 18.3 Å². The molecule has 2 aromatic carbocycles. The molecule has 18 heteroatoms. The second-order valence-corrected chi connectivity index (χ2v) is 12.0. The number of nitriles is 1. The molecular formula is C23H15Cl2F7N4O4S. The molecule has 3 aromatic rings. The molecule has 1 aromatic heterocycles. The zero-order valence-corrected chi connectivity index (χ0v) is 22.6. The van der Waals surface area contributed by atoms with Gasteiger partial charge in [-0.3, -0.25) is 10.1 Å². The van der Waals surface area contributed by atoms with Crippen molar-refractivity contribution in [2.45, 2.75) is 29.8 Å². The third-order valence-corrected chi connectivity index (χ3v) is 7.76. The van der Waals surface area contributed by atoms with Gasteiger partial charge in [0.15, 0.2) is 17.3 Å². The highest BCUT2D eigenvalue weighted by molar-refractivity contribution is 8.45. The van der Waals surface area contributed by atoms with Gasteiger partial charge in [-0.2, -0.15) is 10.4 Å². The van der Waals surface area contributed by atoms with Crippen LogP contribution in [0.4, 0.5) is 38.8 Å². The smallest absolute Gasteiger partial charge is 0.413 e. The number of carbonyl (C=O) groups excluding carboxylic acids is 2. The van der Waals surface area contributed by atoms with Gasteiger partial charge in [-0.05, 0) is 31.0 Å². The quantitative estimate of drug-likeness (QED) is 0.206. The Bertz CT molecular complexity index is 1630. The van der Waals surface area contributed by atoms with Crippen molar-refractivity contribution < 1.29 is 47.3 Å². The highest BCUT2D eigenvalue weighted by Crippen LogP contribution is 3.02. The predicted octanol–water partition coefficient (Wildman–Crippen LogP) is 7.94. The molecule has 1 amide bonds. The number of esters is 1. The second kappa shape index (κ2) is 9.43. The second-order valence-electron chi connectivity index (χ2n) is 8.79. The SMILES string of the molecule is COC(=O)C1(c2c(C#N)nn(-c3c(Cl)cc(S(F)(F)(F)(F)F)cc3Cl)c2NC(=O)OCc2cccc(F)c2F)CC1. The monoisotopic (exact) mass is 646 g/mol. The lowest BCUT2D eigenvalue weighted by atomic mass is 9.95. The lowest BCUT2D eigenvalue weighted by Crippen LogP contribution is -2.25. The molecule has 0 saturated heterocycles. The Balaban J connectivity index is 1.85. The Labute approximate surface area is 236 Å². The van der Waals surface area contributed by atoms with Gasteiger partial charge in [0.1, 0.15) is 29.1 Å². The maximum atomic E-state index is 14.0. The van der Waals surface area contributed by atoms with Crippen LogP contribution in [0.1, 0.15) is 29.7 Å². The topological polar surface area (TPSA) is 106 Å². The molecule has 0 spiro atoms. The minimum absolute atomic E-state index is 0.0862. The van der Waals surface area contributed by atoms with Crippen LogP contribution in [0.3, 0.4) is 0 Å². The van der Waals surface area contributed by atoms with Gasteiger partial charge < -0.3 is 9.47 Å². The summed E-state index contributed by atoms with van der Waals surface area (Å²) in [6.07, 6.45) is -1.21. The average molecular weight is 647 g/mol. The van der Waals surface area contributed by atoms with E-state index in [2.05, 4.69) is 10.4 Å². The number of ether oxygens (including phenoxy) is 2. The van der Waals surface area contributed by atoms with E-state index in [0.29, 0.717) is 4.68 Å². The van der Waals surface area contributed by atoms with E-state index in [-0.39, 0.29) is 36.1 Å². The number of hydrogen-bond donors (Lipinski definition) is 1. The maximum Gasteiger partial charge on any atom is 0.413 e. The van der Waals surface area contributed by atoms with Crippen molar-refractivity contribution in [2.24, 2.45) is 0 Å². The largest absolute Gasteiger partial charge is 0.468 e. The van der Waals surface area contributed by atoms with Crippen LogP contribution in [-0.2, 0) is 26.3 Å². The summed E-state index contributed by atoms with van der Waals surface area (Å²) < 4.78 is 105. The molecule has 1 heterocycles. The van der Waals surface area contributed by atoms with Crippen LogP contribution in [0.25, 0.3) is 5.69 Å². The first kappa shape index (κ1) is 30.3. The van der Waals surface area contributed by atoms with Gasteiger partial charge in [0.25, 0.3) is 0 Å². The summed E-state index contributed by atoms with van der Waals surface area (Å²) in [7, 11) is -9.21. The molecule has 0 aliphatic heterocycles. The third kappa shape index (κ3) is 5.74. The van der Waals surface area contributed by atoms with E-state index in [4.69, 9.17) is 32.7 Å². The van der Waals surface area contributed by atoms with Gasteiger partial charge in [0, 0.05) is 5.56 Å². The van der Waals surface area contributed by atoms with Crippen LogP contribution in [0, 0.1) is 23.0 Å². The molecule has 41 heavy (non-hydrogen) atoms. The van der Waals surface area contributed by atoms with Crippen molar-refractivity contribution in [3.8, 4) is 11.8 Å². The molecule has 1 fully saturated rings. The van der Waals surface area contributed by atoms with E-state index < -0.39 is 78.1 Å². The number of nitrogens with zero attached hydrogens (tertiary/aromatic N) is 3. The molecular weight excluding hydrogens is 632 g/mol. The van der Waals surface area contributed by atoms with Gasteiger partial charge in [0.2, 0.25) is 0 Å². The summed E-state index contributed by atoms with van der Waals surface area (Å²) in [6, 6.07) is 4.54. The van der Waals surface area contributed by atoms with Crippen molar-refractivity contribution in [2.75, 3.05) is 12.4 Å². The summed E-state index contributed by atoms with van der Waals surface area (Å²) in [5, 5.41) is 13.8. The molecule has 1 saturated carbocycles. The van der Waals surface area contributed by atoms with Crippen LogP contribution in [-0.4, -0.2) is 29.0 Å². The number of methoxy groups -OCH3 is 1. The molecule has 1 N–H and O–H groups in total. The van der Waals surface area contributed by atoms with Crippen LogP contribution < -0.4 is 5.32 Å². The number of carbonyl (C=O) groups is 2. The Morgan fingerprint density at radius 3 is 2.27 bits per heavy atom. The Morgan fingerprint density at radius 1 is 1.15 bits per heavy atom. The molecule has 220 valence electrons. The van der Waals surface area contributed by atoms with Crippen molar-refractivity contribution >= 4 is 51.3 Å². The first-order valence-electron chi connectivity index (χ1n) is 11.0. The van der Waals surface area contributed by atoms with E-state index in [1.165, 1.54) is 0 Å². The number of rotatable bonds is 7. The van der Waals surface area contributed by atoms with Crippen LogP contribution >= 0.6 is 33.4 Å². The summed E-state index contributed by atoms with van der Waals surface area (Å²) in [4.78, 5) is 23.0. The fraction of sp³-hybridized carbons (Fsp3) is 0.217. The average Bonchev–Trinajstić information content (AvgIpc) is 3.59. The lowest BCUT2D eigenvalue weighted by molar-refractivity contribution is -0.143. The van der Waals surface area contributed by atoms with E-state index in [9.17, 15) is 43.1 Å². The lowest BCUT2D eigenvalue weighted by Gasteiger charge is -2.40. The molecule has 0 unspecified atom stereocenters. The molecule has 1 aliphatic carbocycles. The van der Waals surface area contributed by atoms with Crippen LogP contribution in [0.15, 0.2) is 35.2 Å². The molecule has 8 nitrogen and oxygen atoms in total. The summed E-state index contributed by atoms with van der Waals surface area (Å²) in [5.41, 5.74) is -3.36. The molecule has 4 rings (SSSR count). The number of halogens is 9. The maximum absolute atomic E-state index is 14.0. The van der Waals surface area contributed by atoms with E-state index >= 15 is 0 Å². The van der Waals surface area contributed by atoms with Crippen molar-refractivity contribution in [3.63, 3.8) is 0 Å². The zero-order chi connectivity index (χ0) is 30.6. The van der Waals surface area contributed by atoms with Crippen LogP contribution in [0.2, 0.25) is 10.0 Å². The van der Waals surface area contributed by atoms with Gasteiger partial charge in [0.05, 0.1) is 28.1 Å². The highest BCUT2D eigenvalue weighted by atomic mass is 35.5. The van der Waals surface area contributed by atoms with E-state index in [0.717, 1.165) is 25.3 Å². The zero-order valence-electron chi connectivity index (χ0n) is 20.3. The first-order chi connectivity index (χ1) is 18.8. The van der Waals surface area contributed by atoms with Crippen molar-refractivity contribution in [1.82, 2.24) is 9.78 Å².